The molecule has 0 aromatic rings. The van der Waals surface area contributed by atoms with Crippen molar-refractivity contribution in [3.8, 4) is 0 Å². The Kier molecular flexibility index (Phi) is 5.26. The Morgan fingerprint density at radius 2 is 2.00 bits per heavy atom. The van der Waals surface area contributed by atoms with Crippen molar-refractivity contribution >= 4 is 0 Å². The molecule has 0 spiro atoms. The van der Waals surface area contributed by atoms with E-state index in [0.717, 1.165) is 6.42 Å². The van der Waals surface area contributed by atoms with Crippen LogP contribution in [0, 0.1) is 0 Å². The third kappa shape index (κ3) is 4.43. The third-order valence-electron chi connectivity index (χ3n) is 1.55. The zero-order valence-corrected chi connectivity index (χ0v) is 7.65. The molecule has 0 saturated carbocycles. The van der Waals surface area contributed by atoms with E-state index < -0.39 is 0 Å². The van der Waals surface area contributed by atoms with Crippen molar-refractivity contribution in [2.75, 3.05) is 0 Å². The lowest BCUT2D eigenvalue weighted by Gasteiger charge is -2.00. The van der Waals surface area contributed by atoms with Crippen LogP contribution in [0.5, 0.6) is 0 Å². The van der Waals surface area contributed by atoms with Gasteiger partial charge in [-0.3, -0.25) is 0 Å². The maximum atomic E-state index is 3.56. The molecule has 1 nitrogen and oxygen atoms in total. The van der Waals surface area contributed by atoms with Gasteiger partial charge in [-0.25, -0.2) is 0 Å². The highest BCUT2D eigenvalue weighted by Gasteiger charge is 1.88. The van der Waals surface area contributed by atoms with Gasteiger partial charge in [0.2, 0.25) is 0 Å². The van der Waals surface area contributed by atoms with Crippen LogP contribution in [0.25, 0.3) is 0 Å². The SMILES string of the molecule is C=CN/C=C(C)/C(C)=C\CC. The molecule has 0 atom stereocenters. The second kappa shape index (κ2) is 5.78. The first kappa shape index (κ1) is 10.0. The molecular formula is C10H17N. The summed E-state index contributed by atoms with van der Waals surface area (Å²) in [6.45, 7) is 9.89. The summed E-state index contributed by atoms with van der Waals surface area (Å²) in [5.41, 5.74) is 2.58. The van der Waals surface area contributed by atoms with Gasteiger partial charge >= 0.3 is 0 Å². The maximum Gasteiger partial charge on any atom is 0.00362 e. The highest BCUT2D eigenvalue weighted by Crippen LogP contribution is 2.07. The van der Waals surface area contributed by atoms with Gasteiger partial charge in [0.1, 0.15) is 0 Å². The Morgan fingerprint density at radius 3 is 2.45 bits per heavy atom. The van der Waals surface area contributed by atoms with Crippen LogP contribution in [0.3, 0.4) is 0 Å². The number of allylic oxidation sites excluding steroid dienone is 3. The summed E-state index contributed by atoms with van der Waals surface area (Å²) in [6.07, 6.45) is 6.92. The predicted octanol–water partition coefficient (Wildman–Crippen LogP) is 2.98. The quantitative estimate of drug-likeness (QED) is 0.609. The number of hydrogen-bond donors (Lipinski definition) is 1. The van der Waals surface area contributed by atoms with Crippen LogP contribution in [-0.4, -0.2) is 0 Å². The fourth-order valence-electron chi connectivity index (χ4n) is 0.765. The van der Waals surface area contributed by atoms with Crippen LogP contribution in [0.15, 0.2) is 36.2 Å². The molecule has 1 heteroatoms. The zero-order valence-electron chi connectivity index (χ0n) is 7.65. The Balaban J connectivity index is 4.10. The molecule has 0 aromatic carbocycles. The topological polar surface area (TPSA) is 12.0 Å². The van der Waals surface area contributed by atoms with Crippen molar-refractivity contribution in [1.82, 2.24) is 5.32 Å². The molecule has 0 fully saturated rings. The molecule has 0 aliphatic heterocycles. The van der Waals surface area contributed by atoms with E-state index in [4.69, 9.17) is 0 Å². The monoisotopic (exact) mass is 151 g/mol. The van der Waals surface area contributed by atoms with Crippen molar-refractivity contribution in [3.05, 3.63) is 36.2 Å². The van der Waals surface area contributed by atoms with Crippen LogP contribution < -0.4 is 5.32 Å². The smallest absolute Gasteiger partial charge is 0.00362 e. The van der Waals surface area contributed by atoms with Crippen molar-refractivity contribution in [1.29, 1.82) is 0 Å². The first-order valence-corrected chi connectivity index (χ1v) is 3.93. The molecule has 0 aliphatic rings. The van der Waals surface area contributed by atoms with Gasteiger partial charge in [0.05, 0.1) is 0 Å². The molecule has 0 unspecified atom stereocenters. The third-order valence-corrected chi connectivity index (χ3v) is 1.55. The van der Waals surface area contributed by atoms with E-state index in [0.29, 0.717) is 0 Å². The highest BCUT2D eigenvalue weighted by molar-refractivity contribution is 5.26. The standard InChI is InChI=1S/C10H17N/c1-5-7-9(3)10(4)8-11-6-2/h6-8,11H,2,5H2,1,3-4H3/b9-7-,10-8+. The molecule has 0 amide bonds. The first-order valence-electron chi connectivity index (χ1n) is 3.93. The largest absolute Gasteiger partial charge is 0.368 e. The lowest BCUT2D eigenvalue weighted by molar-refractivity contribution is 1.13. The van der Waals surface area contributed by atoms with Crippen LogP contribution >= 0.6 is 0 Å². The summed E-state index contributed by atoms with van der Waals surface area (Å²) in [6, 6.07) is 0. The molecule has 0 radical (unpaired) electrons. The van der Waals surface area contributed by atoms with Gasteiger partial charge in [-0.15, -0.1) is 0 Å². The van der Waals surface area contributed by atoms with Gasteiger partial charge < -0.3 is 5.32 Å². The van der Waals surface area contributed by atoms with Gasteiger partial charge in [0.25, 0.3) is 0 Å². The average molecular weight is 151 g/mol. The molecule has 62 valence electrons. The second-order valence-electron chi connectivity index (χ2n) is 2.49. The van der Waals surface area contributed by atoms with Crippen molar-refractivity contribution in [2.45, 2.75) is 27.2 Å². The second-order valence-corrected chi connectivity index (χ2v) is 2.49. The van der Waals surface area contributed by atoms with Gasteiger partial charge in [0.15, 0.2) is 0 Å². The van der Waals surface area contributed by atoms with Crippen LogP contribution in [0.2, 0.25) is 0 Å². The van der Waals surface area contributed by atoms with Crippen LogP contribution in [-0.2, 0) is 0 Å². The van der Waals surface area contributed by atoms with Gasteiger partial charge in [-0.1, -0.05) is 25.2 Å². The minimum atomic E-state index is 1.09. The minimum Gasteiger partial charge on any atom is -0.368 e. The van der Waals surface area contributed by atoms with E-state index in [1.807, 2.05) is 6.20 Å². The Bertz CT molecular complexity index is 175. The van der Waals surface area contributed by atoms with Crippen molar-refractivity contribution < 1.29 is 0 Å². The van der Waals surface area contributed by atoms with Gasteiger partial charge in [-0.05, 0) is 32.0 Å². The average Bonchev–Trinajstić information content (AvgIpc) is 2.00. The first-order chi connectivity index (χ1) is 5.22. The van der Waals surface area contributed by atoms with E-state index in [9.17, 15) is 0 Å². The van der Waals surface area contributed by atoms with Gasteiger partial charge in [-0.2, -0.15) is 0 Å². The number of hydrogen-bond acceptors (Lipinski definition) is 1. The summed E-state index contributed by atoms with van der Waals surface area (Å²) < 4.78 is 0. The number of nitrogens with one attached hydrogen (secondary N) is 1. The summed E-state index contributed by atoms with van der Waals surface area (Å²) >= 11 is 0. The fourth-order valence-corrected chi connectivity index (χ4v) is 0.765. The molecule has 0 aliphatic carbocycles. The molecule has 0 heterocycles. The minimum absolute atomic E-state index is 1.09. The molecule has 0 aromatic heterocycles. The maximum absolute atomic E-state index is 3.56. The van der Waals surface area contributed by atoms with Gasteiger partial charge in [0, 0.05) is 6.20 Å². The normalized spacial score (nSPS) is 13.0. The molecule has 0 saturated heterocycles. The molecule has 0 bridgehead atoms. The van der Waals surface area contributed by atoms with E-state index >= 15 is 0 Å². The van der Waals surface area contributed by atoms with Crippen molar-refractivity contribution in [3.63, 3.8) is 0 Å². The zero-order chi connectivity index (χ0) is 8.69. The fraction of sp³-hybridized carbons (Fsp3) is 0.400. The lowest BCUT2D eigenvalue weighted by atomic mass is 10.1. The molecule has 0 rings (SSSR count). The molecular weight excluding hydrogens is 134 g/mol. The highest BCUT2D eigenvalue weighted by atomic mass is 14.8. The summed E-state index contributed by atoms with van der Waals surface area (Å²) in [4.78, 5) is 0. The Morgan fingerprint density at radius 1 is 1.36 bits per heavy atom. The van der Waals surface area contributed by atoms with E-state index in [2.05, 4.69) is 38.7 Å². The van der Waals surface area contributed by atoms with Crippen LogP contribution in [0.4, 0.5) is 0 Å². The predicted molar refractivity (Wildman–Crippen MR) is 51.1 cm³/mol. The Hall–Kier alpha value is -0.980. The summed E-state index contributed by atoms with van der Waals surface area (Å²) in [5.74, 6) is 0. The summed E-state index contributed by atoms with van der Waals surface area (Å²) in [5, 5.41) is 2.95. The summed E-state index contributed by atoms with van der Waals surface area (Å²) in [7, 11) is 0. The lowest BCUT2D eigenvalue weighted by Crippen LogP contribution is -1.93. The van der Waals surface area contributed by atoms with E-state index in [1.165, 1.54) is 11.1 Å². The van der Waals surface area contributed by atoms with E-state index in [-0.39, 0.29) is 0 Å². The number of rotatable bonds is 4. The Labute approximate surface area is 69.5 Å². The van der Waals surface area contributed by atoms with Crippen LogP contribution in [0.1, 0.15) is 27.2 Å². The molecule has 11 heavy (non-hydrogen) atoms. The molecule has 1 N–H and O–H groups in total. The van der Waals surface area contributed by atoms with E-state index in [1.54, 1.807) is 6.20 Å². The van der Waals surface area contributed by atoms with Crippen molar-refractivity contribution in [2.24, 2.45) is 0 Å².